The van der Waals surface area contributed by atoms with E-state index in [0.717, 1.165) is 5.56 Å². The molecule has 1 aliphatic heterocycles. The Morgan fingerprint density at radius 2 is 1.89 bits per heavy atom. The molecule has 0 fully saturated rings. The minimum absolute atomic E-state index is 0.370. The number of anilines is 1. The lowest BCUT2D eigenvalue weighted by atomic mass is 10.1. The van der Waals surface area contributed by atoms with E-state index >= 15 is 0 Å². The van der Waals surface area contributed by atoms with E-state index in [0.29, 0.717) is 17.8 Å². The first-order valence-electron chi connectivity index (χ1n) is 5.61. The van der Waals surface area contributed by atoms with Crippen molar-refractivity contribution in [1.82, 2.24) is 4.98 Å². The molecule has 0 N–H and O–H groups in total. The number of hydrogen-bond acceptors (Lipinski definition) is 3. The Morgan fingerprint density at radius 1 is 1.06 bits per heavy atom. The Balaban J connectivity index is 1.99. The molecule has 0 saturated carbocycles. The second kappa shape index (κ2) is 4.07. The number of amides is 1. The van der Waals surface area contributed by atoms with Gasteiger partial charge < -0.3 is 4.90 Å². The zero-order valence-electron chi connectivity index (χ0n) is 9.54. The van der Waals surface area contributed by atoms with Gasteiger partial charge in [0, 0.05) is 12.4 Å². The minimum atomic E-state index is -0.472. The molecule has 0 bridgehead atoms. The molecule has 1 aliphatic rings. The highest BCUT2D eigenvalue weighted by Gasteiger charge is 2.35. The first-order chi connectivity index (χ1) is 8.77. The predicted molar refractivity (Wildman–Crippen MR) is 66.2 cm³/mol. The van der Waals surface area contributed by atoms with Gasteiger partial charge in [0.2, 0.25) is 0 Å². The fourth-order valence-corrected chi connectivity index (χ4v) is 2.08. The second-order valence-corrected chi connectivity index (χ2v) is 4.10. The summed E-state index contributed by atoms with van der Waals surface area (Å²) < 4.78 is 0. The molecule has 0 radical (unpaired) electrons. The van der Waals surface area contributed by atoms with Gasteiger partial charge >= 0.3 is 0 Å². The summed E-state index contributed by atoms with van der Waals surface area (Å²) in [5.74, 6) is -0.908. The number of fused-ring (bicyclic) bond motifs is 1. The van der Waals surface area contributed by atoms with E-state index in [9.17, 15) is 9.59 Å². The van der Waals surface area contributed by atoms with Crippen LogP contribution in [0.1, 0.15) is 15.9 Å². The summed E-state index contributed by atoms with van der Waals surface area (Å²) in [6.45, 7) is 0.370. The van der Waals surface area contributed by atoms with Gasteiger partial charge in [-0.15, -0.1) is 0 Å². The van der Waals surface area contributed by atoms with Crippen molar-refractivity contribution >= 4 is 17.4 Å². The third-order valence-electron chi connectivity index (χ3n) is 2.94. The lowest BCUT2D eigenvalue weighted by Gasteiger charge is -2.15. The van der Waals surface area contributed by atoms with Crippen molar-refractivity contribution in [1.29, 1.82) is 0 Å². The normalized spacial score (nSPS) is 13.9. The SMILES string of the molecule is O=C1C(=O)N(Cc2cccnc2)c2ccccc21. The number of aromatic nitrogens is 1. The molecule has 0 atom stereocenters. The van der Waals surface area contributed by atoms with Crippen LogP contribution in [0, 0.1) is 0 Å². The van der Waals surface area contributed by atoms with Crippen LogP contribution in [0.4, 0.5) is 5.69 Å². The van der Waals surface area contributed by atoms with Gasteiger partial charge in [-0.1, -0.05) is 18.2 Å². The Kier molecular flexibility index (Phi) is 2.41. The summed E-state index contributed by atoms with van der Waals surface area (Å²) >= 11 is 0. The van der Waals surface area contributed by atoms with E-state index in [-0.39, 0.29) is 0 Å². The highest BCUT2D eigenvalue weighted by atomic mass is 16.2. The fourth-order valence-electron chi connectivity index (χ4n) is 2.08. The number of Topliss-reactive ketones (excluding diaryl/α,β-unsaturated/α-hetero) is 1. The Labute approximate surface area is 104 Å². The number of ketones is 1. The highest BCUT2D eigenvalue weighted by molar-refractivity contribution is 6.52. The van der Waals surface area contributed by atoms with Gasteiger partial charge in [0.05, 0.1) is 17.8 Å². The van der Waals surface area contributed by atoms with Gasteiger partial charge in [-0.2, -0.15) is 0 Å². The summed E-state index contributed by atoms with van der Waals surface area (Å²) in [6, 6.07) is 10.7. The zero-order chi connectivity index (χ0) is 12.5. The van der Waals surface area contributed by atoms with Crippen molar-refractivity contribution in [3.05, 3.63) is 59.9 Å². The van der Waals surface area contributed by atoms with Crippen LogP contribution in [0.25, 0.3) is 0 Å². The molecule has 0 spiro atoms. The summed E-state index contributed by atoms with van der Waals surface area (Å²) in [6.07, 6.45) is 3.37. The average molecular weight is 238 g/mol. The Morgan fingerprint density at radius 3 is 2.67 bits per heavy atom. The topological polar surface area (TPSA) is 50.3 Å². The molecule has 18 heavy (non-hydrogen) atoms. The lowest BCUT2D eigenvalue weighted by molar-refractivity contribution is -0.114. The molecule has 0 aliphatic carbocycles. The zero-order valence-corrected chi connectivity index (χ0v) is 9.54. The van der Waals surface area contributed by atoms with Gasteiger partial charge in [0.25, 0.3) is 11.7 Å². The Hall–Kier alpha value is -2.49. The number of para-hydroxylation sites is 1. The van der Waals surface area contributed by atoms with Crippen LogP contribution >= 0.6 is 0 Å². The third-order valence-corrected chi connectivity index (χ3v) is 2.94. The summed E-state index contributed by atoms with van der Waals surface area (Å²) in [7, 11) is 0. The summed E-state index contributed by atoms with van der Waals surface area (Å²) in [5.41, 5.74) is 2.05. The molecule has 1 amide bonds. The lowest BCUT2D eigenvalue weighted by Crippen LogP contribution is -2.29. The standard InChI is InChI=1S/C14H10N2O2/c17-13-11-5-1-2-6-12(11)16(14(13)18)9-10-4-3-7-15-8-10/h1-8H,9H2. The van der Waals surface area contributed by atoms with Gasteiger partial charge in [-0.25, -0.2) is 0 Å². The molecular formula is C14H10N2O2. The van der Waals surface area contributed by atoms with Crippen LogP contribution in [0.15, 0.2) is 48.8 Å². The van der Waals surface area contributed by atoms with Crippen molar-refractivity contribution in [2.75, 3.05) is 4.90 Å². The van der Waals surface area contributed by atoms with Gasteiger partial charge in [0.15, 0.2) is 0 Å². The molecule has 0 saturated heterocycles. The molecule has 1 aromatic heterocycles. The minimum Gasteiger partial charge on any atom is -0.300 e. The number of benzene rings is 1. The average Bonchev–Trinajstić information content (AvgIpc) is 2.66. The van der Waals surface area contributed by atoms with Crippen LogP contribution in [-0.4, -0.2) is 16.7 Å². The van der Waals surface area contributed by atoms with Crippen LogP contribution in [0.3, 0.4) is 0 Å². The molecule has 2 aromatic rings. The first-order valence-corrected chi connectivity index (χ1v) is 5.61. The smallest absolute Gasteiger partial charge is 0.299 e. The number of pyridine rings is 1. The fraction of sp³-hybridized carbons (Fsp3) is 0.0714. The number of rotatable bonds is 2. The molecule has 3 rings (SSSR count). The maximum Gasteiger partial charge on any atom is 0.299 e. The van der Waals surface area contributed by atoms with E-state index in [2.05, 4.69) is 4.98 Å². The monoisotopic (exact) mass is 238 g/mol. The van der Waals surface area contributed by atoms with Gasteiger partial charge in [-0.05, 0) is 23.8 Å². The maximum atomic E-state index is 11.9. The highest BCUT2D eigenvalue weighted by Crippen LogP contribution is 2.29. The van der Waals surface area contributed by atoms with Crippen LogP contribution in [-0.2, 0) is 11.3 Å². The number of carbonyl (C=O) groups is 2. The number of nitrogens with zero attached hydrogens (tertiary/aromatic N) is 2. The second-order valence-electron chi connectivity index (χ2n) is 4.10. The van der Waals surface area contributed by atoms with Crippen LogP contribution in [0.5, 0.6) is 0 Å². The van der Waals surface area contributed by atoms with Crippen molar-refractivity contribution in [2.45, 2.75) is 6.54 Å². The number of carbonyl (C=O) groups excluding carboxylic acids is 2. The van der Waals surface area contributed by atoms with Crippen LogP contribution in [0.2, 0.25) is 0 Å². The largest absolute Gasteiger partial charge is 0.300 e. The first kappa shape index (κ1) is 10.7. The summed E-state index contributed by atoms with van der Waals surface area (Å²) in [4.78, 5) is 29.2. The molecule has 0 unspecified atom stereocenters. The van der Waals surface area contributed by atoms with Gasteiger partial charge in [0.1, 0.15) is 0 Å². The molecule has 1 aromatic carbocycles. The van der Waals surface area contributed by atoms with Crippen molar-refractivity contribution in [3.8, 4) is 0 Å². The Bertz CT molecular complexity index is 623. The number of hydrogen-bond donors (Lipinski definition) is 0. The third kappa shape index (κ3) is 1.59. The van der Waals surface area contributed by atoms with Crippen molar-refractivity contribution < 1.29 is 9.59 Å². The van der Waals surface area contributed by atoms with Gasteiger partial charge in [-0.3, -0.25) is 14.6 Å². The maximum absolute atomic E-state index is 11.9. The van der Waals surface area contributed by atoms with E-state index in [1.165, 1.54) is 4.90 Å². The molecule has 88 valence electrons. The predicted octanol–water partition coefficient (Wildman–Crippen LogP) is 1.81. The molecule has 4 heteroatoms. The van der Waals surface area contributed by atoms with Crippen LogP contribution < -0.4 is 4.90 Å². The molecule has 2 heterocycles. The molecule has 4 nitrogen and oxygen atoms in total. The summed E-state index contributed by atoms with van der Waals surface area (Å²) in [5, 5.41) is 0. The van der Waals surface area contributed by atoms with Crippen molar-refractivity contribution in [2.24, 2.45) is 0 Å². The van der Waals surface area contributed by atoms with Crippen molar-refractivity contribution in [3.63, 3.8) is 0 Å². The molecular weight excluding hydrogens is 228 g/mol. The quantitative estimate of drug-likeness (QED) is 0.750. The van der Waals surface area contributed by atoms with E-state index < -0.39 is 11.7 Å². The van der Waals surface area contributed by atoms with E-state index in [1.54, 1.807) is 30.6 Å². The van der Waals surface area contributed by atoms with E-state index in [4.69, 9.17) is 0 Å². The van der Waals surface area contributed by atoms with E-state index in [1.807, 2.05) is 18.2 Å².